The van der Waals surface area contributed by atoms with Crippen LogP contribution in [0.5, 0.6) is 0 Å². The van der Waals surface area contributed by atoms with Gasteiger partial charge >= 0.3 is 6.18 Å². The van der Waals surface area contributed by atoms with Crippen molar-refractivity contribution in [1.82, 2.24) is 20.0 Å². The van der Waals surface area contributed by atoms with Crippen molar-refractivity contribution in [3.8, 4) is 0 Å². The highest BCUT2D eigenvalue weighted by Gasteiger charge is 2.39. The first kappa shape index (κ1) is 15.8. The molecule has 1 N–H and O–H groups in total. The van der Waals surface area contributed by atoms with Crippen LogP contribution in [-0.4, -0.2) is 46.3 Å². The summed E-state index contributed by atoms with van der Waals surface area (Å²) >= 11 is 0. The Morgan fingerprint density at radius 2 is 2.24 bits per heavy atom. The van der Waals surface area contributed by atoms with Gasteiger partial charge in [-0.3, -0.25) is 14.4 Å². The summed E-state index contributed by atoms with van der Waals surface area (Å²) in [6.45, 7) is 4.24. The summed E-state index contributed by atoms with van der Waals surface area (Å²) in [5, 5.41) is 5.93. The largest absolute Gasteiger partial charge is 0.435 e. The van der Waals surface area contributed by atoms with Crippen LogP contribution in [-0.2, 0) is 13.2 Å². The van der Waals surface area contributed by atoms with Crippen molar-refractivity contribution in [1.29, 1.82) is 0 Å². The Morgan fingerprint density at radius 1 is 1.52 bits per heavy atom. The minimum absolute atomic E-state index is 0.199. The number of halogens is 3. The van der Waals surface area contributed by atoms with Crippen LogP contribution >= 0.6 is 0 Å². The number of likely N-dealkylation sites (N-methyl/N-ethyl adjacent to an activating group) is 1. The first-order valence-corrected chi connectivity index (χ1v) is 6.96. The molecule has 1 aliphatic rings. The summed E-state index contributed by atoms with van der Waals surface area (Å²) in [5.74, 6) is -0.724. The lowest BCUT2D eigenvalue weighted by molar-refractivity contribution is -0.141. The Morgan fingerprint density at radius 3 is 2.86 bits per heavy atom. The zero-order valence-electron chi connectivity index (χ0n) is 12.1. The molecule has 5 nitrogen and oxygen atoms in total. The van der Waals surface area contributed by atoms with Gasteiger partial charge in [-0.1, -0.05) is 6.92 Å². The van der Waals surface area contributed by atoms with Gasteiger partial charge in [-0.2, -0.15) is 18.3 Å². The SMILES string of the molecule is CCN1CCC[C@@H]1CNC(=O)c1cn(C)nc1C(F)(F)F. The normalized spacial score (nSPS) is 20.0. The average Bonchev–Trinajstić information content (AvgIpc) is 3.01. The van der Waals surface area contributed by atoms with E-state index in [1.165, 1.54) is 7.05 Å². The van der Waals surface area contributed by atoms with Crippen LogP contribution in [0, 0.1) is 0 Å². The Balaban J connectivity index is 2.04. The quantitative estimate of drug-likeness (QED) is 0.920. The molecule has 0 radical (unpaired) electrons. The minimum Gasteiger partial charge on any atom is -0.350 e. The molecule has 0 unspecified atom stereocenters. The van der Waals surface area contributed by atoms with Gasteiger partial charge < -0.3 is 5.32 Å². The Hall–Kier alpha value is -1.57. The molecule has 1 aliphatic heterocycles. The van der Waals surface area contributed by atoms with Crippen LogP contribution in [0.2, 0.25) is 0 Å². The number of hydrogen-bond acceptors (Lipinski definition) is 3. The van der Waals surface area contributed by atoms with E-state index in [9.17, 15) is 18.0 Å². The van der Waals surface area contributed by atoms with Gasteiger partial charge in [0.05, 0.1) is 5.56 Å². The van der Waals surface area contributed by atoms with Gasteiger partial charge in [0.25, 0.3) is 5.91 Å². The molecule has 2 heterocycles. The summed E-state index contributed by atoms with van der Waals surface area (Å²) in [6, 6.07) is 0.199. The maximum atomic E-state index is 12.8. The Kier molecular flexibility index (Phi) is 4.55. The zero-order chi connectivity index (χ0) is 15.6. The van der Waals surface area contributed by atoms with Crippen molar-refractivity contribution >= 4 is 5.91 Å². The first-order valence-electron chi connectivity index (χ1n) is 6.96. The smallest absolute Gasteiger partial charge is 0.350 e. The van der Waals surface area contributed by atoms with Gasteiger partial charge in [-0.05, 0) is 25.9 Å². The molecule has 1 saturated heterocycles. The molecule has 1 fully saturated rings. The molecule has 118 valence electrons. The lowest BCUT2D eigenvalue weighted by Gasteiger charge is -2.22. The van der Waals surface area contributed by atoms with Crippen molar-refractivity contribution in [2.45, 2.75) is 32.0 Å². The number of carbonyl (C=O) groups excluding carboxylic acids is 1. The van der Waals surface area contributed by atoms with Crippen molar-refractivity contribution in [2.75, 3.05) is 19.6 Å². The summed E-state index contributed by atoms with van der Waals surface area (Å²) < 4.78 is 39.5. The summed E-state index contributed by atoms with van der Waals surface area (Å²) in [4.78, 5) is 14.2. The summed E-state index contributed by atoms with van der Waals surface area (Å²) in [5.41, 5.74) is -1.56. The highest BCUT2D eigenvalue weighted by molar-refractivity contribution is 5.95. The van der Waals surface area contributed by atoms with Crippen molar-refractivity contribution in [2.24, 2.45) is 7.05 Å². The van der Waals surface area contributed by atoms with E-state index in [0.29, 0.717) is 6.54 Å². The lowest BCUT2D eigenvalue weighted by atomic mass is 10.2. The van der Waals surface area contributed by atoms with Gasteiger partial charge in [-0.15, -0.1) is 0 Å². The van der Waals surface area contributed by atoms with E-state index in [-0.39, 0.29) is 6.04 Å². The zero-order valence-corrected chi connectivity index (χ0v) is 12.1. The number of likely N-dealkylation sites (tertiary alicyclic amines) is 1. The molecular weight excluding hydrogens is 285 g/mol. The third kappa shape index (κ3) is 3.55. The molecule has 8 heteroatoms. The van der Waals surface area contributed by atoms with Gasteiger partial charge in [0.2, 0.25) is 0 Å². The number of aromatic nitrogens is 2. The van der Waals surface area contributed by atoms with Crippen LogP contribution in [0.3, 0.4) is 0 Å². The number of aryl methyl sites for hydroxylation is 1. The maximum absolute atomic E-state index is 12.8. The molecule has 0 saturated carbocycles. The highest BCUT2D eigenvalue weighted by Crippen LogP contribution is 2.30. The second kappa shape index (κ2) is 6.05. The third-order valence-corrected chi connectivity index (χ3v) is 3.75. The molecular formula is C13H19F3N4O. The number of nitrogens with one attached hydrogen (secondary N) is 1. The first-order chi connectivity index (χ1) is 9.82. The number of rotatable bonds is 4. The molecule has 1 aromatic heterocycles. The third-order valence-electron chi connectivity index (χ3n) is 3.75. The summed E-state index contributed by atoms with van der Waals surface area (Å²) in [7, 11) is 1.36. The molecule has 2 rings (SSSR count). The molecule has 0 aliphatic carbocycles. The topological polar surface area (TPSA) is 50.2 Å². The molecule has 0 aromatic carbocycles. The number of alkyl halides is 3. The van der Waals surface area contributed by atoms with Crippen LogP contribution < -0.4 is 5.32 Å². The van der Waals surface area contributed by atoms with Crippen LogP contribution in [0.1, 0.15) is 35.8 Å². The Labute approximate surface area is 121 Å². The van der Waals surface area contributed by atoms with Gasteiger partial charge in [-0.25, -0.2) is 0 Å². The van der Waals surface area contributed by atoms with Crippen LogP contribution in [0.4, 0.5) is 13.2 Å². The number of carbonyl (C=O) groups is 1. The molecule has 0 spiro atoms. The van der Waals surface area contributed by atoms with Crippen molar-refractivity contribution in [3.63, 3.8) is 0 Å². The van der Waals surface area contributed by atoms with E-state index in [1.807, 2.05) is 6.92 Å². The van der Waals surface area contributed by atoms with E-state index in [2.05, 4.69) is 15.3 Å². The second-order valence-electron chi connectivity index (χ2n) is 5.20. The number of nitrogens with zero attached hydrogens (tertiary/aromatic N) is 3. The van der Waals surface area contributed by atoms with E-state index < -0.39 is 23.3 Å². The predicted octanol–water partition coefficient (Wildman–Crippen LogP) is 1.65. The maximum Gasteiger partial charge on any atom is 0.435 e. The van der Waals surface area contributed by atoms with Crippen molar-refractivity contribution in [3.05, 3.63) is 17.5 Å². The Bertz CT molecular complexity index is 512. The number of amides is 1. The fraction of sp³-hybridized carbons (Fsp3) is 0.692. The van der Waals surface area contributed by atoms with E-state index in [1.54, 1.807) is 0 Å². The minimum atomic E-state index is -4.63. The molecule has 0 bridgehead atoms. The van der Waals surface area contributed by atoms with E-state index in [0.717, 1.165) is 36.8 Å². The van der Waals surface area contributed by atoms with Gasteiger partial charge in [0.1, 0.15) is 0 Å². The second-order valence-corrected chi connectivity index (χ2v) is 5.20. The number of hydrogen-bond donors (Lipinski definition) is 1. The van der Waals surface area contributed by atoms with Crippen LogP contribution in [0.15, 0.2) is 6.20 Å². The monoisotopic (exact) mass is 304 g/mol. The van der Waals surface area contributed by atoms with Crippen molar-refractivity contribution < 1.29 is 18.0 Å². The van der Waals surface area contributed by atoms with E-state index >= 15 is 0 Å². The fourth-order valence-corrected chi connectivity index (χ4v) is 2.71. The molecule has 1 amide bonds. The van der Waals surface area contributed by atoms with E-state index in [4.69, 9.17) is 0 Å². The van der Waals surface area contributed by atoms with Gasteiger partial charge in [0, 0.05) is 25.8 Å². The predicted molar refractivity (Wildman–Crippen MR) is 70.8 cm³/mol. The standard InChI is InChI=1S/C13H19F3N4O/c1-3-20-6-4-5-9(20)7-17-12(21)10-8-19(2)18-11(10)13(14,15)16/h8-9H,3-7H2,1-2H3,(H,17,21)/t9-/m1/s1. The highest BCUT2D eigenvalue weighted by atomic mass is 19.4. The fourth-order valence-electron chi connectivity index (χ4n) is 2.71. The summed E-state index contributed by atoms with van der Waals surface area (Å²) in [6.07, 6.45) is -1.52. The van der Waals surface area contributed by atoms with Crippen LogP contribution in [0.25, 0.3) is 0 Å². The molecule has 21 heavy (non-hydrogen) atoms. The average molecular weight is 304 g/mol. The molecule has 1 atom stereocenters. The van der Waals surface area contributed by atoms with Gasteiger partial charge in [0.15, 0.2) is 5.69 Å². The molecule has 1 aromatic rings. The lowest BCUT2D eigenvalue weighted by Crippen LogP contribution is -2.40.